The summed E-state index contributed by atoms with van der Waals surface area (Å²) in [6.07, 6.45) is 2.85. The van der Waals surface area contributed by atoms with Gasteiger partial charge in [-0.3, -0.25) is 9.59 Å². The maximum atomic E-state index is 13.6. The summed E-state index contributed by atoms with van der Waals surface area (Å²) in [5, 5.41) is 12.8. The number of hydrogen-bond donors (Lipinski definition) is 1. The molecule has 210 valence electrons. The van der Waals surface area contributed by atoms with Crippen LogP contribution >= 0.6 is 27.7 Å². The molecule has 0 aliphatic heterocycles. The molecule has 0 saturated carbocycles. The van der Waals surface area contributed by atoms with Crippen LogP contribution in [0.15, 0.2) is 56.6 Å². The molecule has 1 amide bonds. The Bertz CT molecular complexity index is 1530. The number of amides is 1. The number of carbonyl (C=O) groups excluding carboxylic acids is 1. The lowest BCUT2D eigenvalue weighted by molar-refractivity contribution is -0.763. The van der Waals surface area contributed by atoms with Crippen LogP contribution in [-0.4, -0.2) is 38.6 Å². The van der Waals surface area contributed by atoms with Gasteiger partial charge in [-0.25, -0.2) is 0 Å². The second-order valence-corrected chi connectivity index (χ2v) is 10.5. The van der Waals surface area contributed by atoms with E-state index >= 15 is 0 Å². The topological polar surface area (TPSA) is 126 Å². The van der Waals surface area contributed by atoms with E-state index in [9.17, 15) is 19.7 Å². The van der Waals surface area contributed by atoms with Gasteiger partial charge in [0.15, 0.2) is 16.9 Å². The van der Waals surface area contributed by atoms with E-state index in [1.807, 2.05) is 18.4 Å². The first-order valence-electron chi connectivity index (χ1n) is 12.1. The van der Waals surface area contributed by atoms with E-state index < -0.39 is 17.0 Å². The lowest BCUT2D eigenvalue weighted by atomic mass is 9.95. The Kier molecular flexibility index (Phi) is 9.21. The third-order valence-corrected chi connectivity index (χ3v) is 8.11. The summed E-state index contributed by atoms with van der Waals surface area (Å²) < 4.78 is 17.5. The fourth-order valence-electron chi connectivity index (χ4n) is 4.82. The number of nitrogens with zero attached hydrogens (tertiary/aromatic N) is 1. The van der Waals surface area contributed by atoms with E-state index in [0.717, 1.165) is 16.7 Å². The van der Waals surface area contributed by atoms with Crippen molar-refractivity contribution >= 4 is 33.6 Å². The monoisotopic (exact) mass is 630 g/mol. The van der Waals surface area contributed by atoms with Gasteiger partial charge >= 0.3 is 0 Å². The first kappa shape index (κ1) is 29.2. The number of nitrogens with one attached hydrogen (secondary N) is 1. The van der Waals surface area contributed by atoms with Crippen LogP contribution in [0.2, 0.25) is 0 Å². The summed E-state index contributed by atoms with van der Waals surface area (Å²) >= 11 is 4.74. The summed E-state index contributed by atoms with van der Waals surface area (Å²) in [6.45, 7) is -0.293. The number of ether oxygens (including phenoxy) is 3. The largest absolute Gasteiger partial charge is 0.493 e. The molecule has 1 N–H and O–H groups in total. The van der Waals surface area contributed by atoms with Crippen LogP contribution in [0.5, 0.6) is 17.2 Å². The zero-order valence-electron chi connectivity index (χ0n) is 22.2. The second kappa shape index (κ2) is 12.6. The molecule has 0 spiro atoms. The van der Waals surface area contributed by atoms with Gasteiger partial charge in [0.1, 0.15) is 6.61 Å². The molecule has 0 unspecified atom stereocenters. The van der Waals surface area contributed by atoms with Crippen LogP contribution in [0.3, 0.4) is 0 Å². The number of methoxy groups -OCH3 is 3. The highest BCUT2D eigenvalue weighted by Crippen LogP contribution is 2.50. The van der Waals surface area contributed by atoms with Crippen molar-refractivity contribution in [2.24, 2.45) is 0 Å². The number of halogens is 1. The Morgan fingerprint density at radius 1 is 1.10 bits per heavy atom. The minimum absolute atomic E-state index is 0.170. The van der Waals surface area contributed by atoms with Crippen molar-refractivity contribution in [3.8, 4) is 28.4 Å². The number of aryl methyl sites for hydroxylation is 1. The molecule has 0 saturated heterocycles. The molecule has 12 heteroatoms. The molecular formula is C28H27BrN2O8S. The van der Waals surface area contributed by atoms with Gasteiger partial charge in [0.2, 0.25) is 5.75 Å². The summed E-state index contributed by atoms with van der Waals surface area (Å²) in [5.41, 5.74) is 3.59. The Morgan fingerprint density at radius 2 is 1.85 bits per heavy atom. The standard InChI is InChI=1S/C28H27BrN2O8S/c1-36-23-12-16-6-9-21(30-28(33)19-11-15(5-8-20(19)29)14-39-31(34)35)18-13-22(32)24(40-4)10-7-17(18)25(16)27(38-3)26(23)37-2/h5,7-8,10-13,21H,6,9,14H2,1-4H3,(H,30,33)/t21-/m0/s1. The van der Waals surface area contributed by atoms with Crippen LogP contribution < -0.4 is 25.0 Å². The molecule has 3 aromatic rings. The van der Waals surface area contributed by atoms with E-state index in [-0.39, 0.29) is 17.6 Å². The first-order valence-corrected chi connectivity index (χ1v) is 14.1. The number of thioether (sulfide) groups is 1. The molecule has 0 fully saturated rings. The van der Waals surface area contributed by atoms with Gasteiger partial charge in [-0.15, -0.1) is 21.9 Å². The molecule has 40 heavy (non-hydrogen) atoms. The number of fused-ring (bicyclic) bond motifs is 3. The maximum Gasteiger partial charge on any atom is 0.294 e. The van der Waals surface area contributed by atoms with Crippen LogP contribution in [0, 0.1) is 10.1 Å². The number of rotatable bonds is 9. The van der Waals surface area contributed by atoms with Gasteiger partial charge in [0.25, 0.3) is 11.0 Å². The van der Waals surface area contributed by atoms with Gasteiger partial charge in [-0.1, -0.05) is 12.1 Å². The van der Waals surface area contributed by atoms with Crippen LogP contribution in [-0.2, 0) is 17.9 Å². The molecule has 0 heterocycles. The molecule has 3 aromatic carbocycles. The Labute approximate surface area is 243 Å². The van der Waals surface area contributed by atoms with Gasteiger partial charge in [-0.05, 0) is 87.6 Å². The molecule has 1 atom stereocenters. The summed E-state index contributed by atoms with van der Waals surface area (Å²) in [7, 11) is 4.63. The van der Waals surface area contributed by atoms with Gasteiger partial charge in [0.05, 0.1) is 37.8 Å². The van der Waals surface area contributed by atoms with Gasteiger partial charge in [-0.2, -0.15) is 0 Å². The fourth-order valence-corrected chi connectivity index (χ4v) is 5.71. The normalized spacial score (nSPS) is 13.8. The Hall–Kier alpha value is -3.77. The van der Waals surface area contributed by atoms with E-state index in [4.69, 9.17) is 14.2 Å². The molecule has 1 aliphatic carbocycles. The lowest BCUT2D eigenvalue weighted by Crippen LogP contribution is -2.29. The highest BCUT2D eigenvalue weighted by atomic mass is 79.9. The lowest BCUT2D eigenvalue weighted by Gasteiger charge is -2.20. The highest BCUT2D eigenvalue weighted by Gasteiger charge is 2.30. The second-order valence-electron chi connectivity index (χ2n) is 8.83. The summed E-state index contributed by atoms with van der Waals surface area (Å²) in [5.74, 6) is 0.988. The molecular weight excluding hydrogens is 604 g/mol. The zero-order chi connectivity index (χ0) is 29.0. The zero-order valence-corrected chi connectivity index (χ0v) is 24.6. The quantitative estimate of drug-likeness (QED) is 0.189. The number of carbonyl (C=O) groups is 1. The minimum atomic E-state index is -0.885. The molecule has 1 aliphatic rings. The highest BCUT2D eigenvalue weighted by molar-refractivity contribution is 9.10. The van der Waals surface area contributed by atoms with Crippen LogP contribution in [0.1, 0.15) is 39.5 Å². The van der Waals surface area contributed by atoms with Crippen molar-refractivity contribution in [1.29, 1.82) is 0 Å². The summed E-state index contributed by atoms with van der Waals surface area (Å²) in [6, 6.07) is 11.3. The maximum absolute atomic E-state index is 13.6. The molecule has 0 aromatic heterocycles. The van der Waals surface area contributed by atoms with E-state index in [2.05, 4.69) is 26.1 Å². The minimum Gasteiger partial charge on any atom is -0.493 e. The van der Waals surface area contributed by atoms with Gasteiger partial charge < -0.3 is 24.4 Å². The van der Waals surface area contributed by atoms with E-state index in [1.54, 1.807) is 38.5 Å². The first-order chi connectivity index (χ1) is 19.2. The average Bonchev–Trinajstić information content (AvgIpc) is 3.19. The van der Waals surface area contributed by atoms with Crippen molar-refractivity contribution in [3.63, 3.8) is 0 Å². The third-order valence-electron chi connectivity index (χ3n) is 6.64. The van der Waals surface area contributed by atoms with Crippen LogP contribution in [0.4, 0.5) is 0 Å². The van der Waals surface area contributed by atoms with Crippen molar-refractivity contribution in [2.45, 2.75) is 30.4 Å². The molecule has 0 bridgehead atoms. The molecule has 4 rings (SSSR count). The van der Waals surface area contributed by atoms with Crippen molar-refractivity contribution in [1.82, 2.24) is 5.32 Å². The number of benzene rings is 2. The van der Waals surface area contributed by atoms with Crippen LogP contribution in [0.25, 0.3) is 11.1 Å². The molecule has 0 radical (unpaired) electrons. The smallest absolute Gasteiger partial charge is 0.294 e. The van der Waals surface area contributed by atoms with E-state index in [0.29, 0.717) is 50.6 Å². The van der Waals surface area contributed by atoms with Gasteiger partial charge in [0, 0.05) is 10.0 Å². The fraction of sp³-hybridized carbons (Fsp3) is 0.286. The summed E-state index contributed by atoms with van der Waals surface area (Å²) in [4.78, 5) is 42.4. The SMILES string of the molecule is COc1cc2c(c(OC)c1OC)-c1ccc(SC)c(=O)cc1[C@@H](NC(=O)c1cc(CO[N+](=O)[O-])ccc1Br)CC2. The Balaban J connectivity index is 1.85. The third kappa shape index (κ3) is 5.87. The predicted molar refractivity (Wildman–Crippen MR) is 154 cm³/mol. The van der Waals surface area contributed by atoms with E-state index in [1.165, 1.54) is 24.9 Å². The van der Waals surface area contributed by atoms with Crippen molar-refractivity contribution in [2.75, 3.05) is 27.6 Å². The average molecular weight is 632 g/mol. The van der Waals surface area contributed by atoms with Crippen molar-refractivity contribution in [3.05, 3.63) is 89.5 Å². The van der Waals surface area contributed by atoms with Crippen molar-refractivity contribution < 1.29 is 28.9 Å². The Morgan fingerprint density at radius 3 is 2.50 bits per heavy atom. The predicted octanol–water partition coefficient (Wildman–Crippen LogP) is 5.35. The molecule has 10 nitrogen and oxygen atoms in total. The number of hydrogen-bond acceptors (Lipinski definition) is 9.